The first-order valence-electron chi connectivity index (χ1n) is 14.0. The average Bonchev–Trinajstić information content (AvgIpc) is 3.50. The van der Waals surface area contributed by atoms with E-state index in [0.717, 1.165) is 0 Å². The Morgan fingerprint density at radius 3 is 1.82 bits per heavy atom. The highest BCUT2D eigenvalue weighted by molar-refractivity contribution is 6.23. The fraction of sp³-hybridized carbons (Fsp3) is 0.0769. The molecule has 2 heterocycles. The molecule has 40 heavy (non-hydrogen) atoms. The van der Waals surface area contributed by atoms with E-state index in [9.17, 15) is 0 Å². The molecule has 0 saturated heterocycles. The molecule has 190 valence electrons. The summed E-state index contributed by atoms with van der Waals surface area (Å²) in [7, 11) is 0. The lowest BCUT2D eigenvalue weighted by Crippen LogP contribution is -1.93. The summed E-state index contributed by atoms with van der Waals surface area (Å²) in [6, 6.07) is 44.8. The summed E-state index contributed by atoms with van der Waals surface area (Å²) in [6.07, 6.45) is 0. The molecule has 0 saturated carbocycles. The lowest BCUT2D eigenvalue weighted by atomic mass is 9.88. The third kappa shape index (κ3) is 3.21. The van der Waals surface area contributed by atoms with Gasteiger partial charge in [-0.2, -0.15) is 0 Å². The van der Waals surface area contributed by atoms with Gasteiger partial charge in [0.05, 0.1) is 16.6 Å². The SMILES string of the molecule is Cc1ccccc1-c1cccc(-c2cc(-c3ccc4c(c3)c3cccc5c6ccccc6n4c53)ccc2C)c1C. The minimum Gasteiger partial charge on any atom is -0.308 e. The smallest absolute Gasteiger partial charge is 0.0620 e. The van der Waals surface area contributed by atoms with Crippen LogP contribution in [0.15, 0.2) is 121 Å². The molecule has 8 aromatic rings. The van der Waals surface area contributed by atoms with E-state index in [1.54, 1.807) is 0 Å². The third-order valence-electron chi connectivity index (χ3n) is 8.85. The highest BCUT2D eigenvalue weighted by Crippen LogP contribution is 2.41. The lowest BCUT2D eigenvalue weighted by Gasteiger charge is -2.16. The molecule has 8 rings (SSSR count). The number of para-hydroxylation sites is 2. The van der Waals surface area contributed by atoms with Crippen molar-refractivity contribution in [1.29, 1.82) is 0 Å². The van der Waals surface area contributed by atoms with E-state index in [2.05, 4.69) is 146 Å². The van der Waals surface area contributed by atoms with Crippen molar-refractivity contribution >= 4 is 38.1 Å². The Kier molecular flexibility index (Phi) is 4.93. The van der Waals surface area contributed by atoms with Crippen LogP contribution in [0.1, 0.15) is 16.7 Å². The molecule has 0 spiro atoms. The quantitative estimate of drug-likeness (QED) is 0.222. The lowest BCUT2D eigenvalue weighted by molar-refractivity contribution is 1.37. The van der Waals surface area contributed by atoms with Gasteiger partial charge in [0.15, 0.2) is 0 Å². The zero-order valence-corrected chi connectivity index (χ0v) is 23.0. The van der Waals surface area contributed by atoms with Crippen molar-refractivity contribution in [2.45, 2.75) is 20.8 Å². The molecule has 0 atom stereocenters. The summed E-state index contributed by atoms with van der Waals surface area (Å²) in [5.41, 5.74) is 15.5. The molecule has 0 N–H and O–H groups in total. The number of fused-ring (bicyclic) bond motifs is 6. The molecule has 1 heteroatoms. The Morgan fingerprint density at radius 2 is 0.975 bits per heavy atom. The van der Waals surface area contributed by atoms with Gasteiger partial charge in [-0.05, 0) is 95.1 Å². The Balaban J connectivity index is 1.31. The minimum absolute atomic E-state index is 1.25. The Morgan fingerprint density at radius 1 is 0.400 bits per heavy atom. The molecule has 0 amide bonds. The second kappa shape index (κ2) is 8.56. The molecule has 0 unspecified atom stereocenters. The van der Waals surface area contributed by atoms with Crippen molar-refractivity contribution in [3.05, 3.63) is 138 Å². The summed E-state index contributed by atoms with van der Waals surface area (Å²) < 4.78 is 2.44. The predicted octanol–water partition coefficient (Wildman–Crippen LogP) is 10.8. The van der Waals surface area contributed by atoms with Gasteiger partial charge in [0.25, 0.3) is 0 Å². The van der Waals surface area contributed by atoms with Crippen LogP contribution in [0.4, 0.5) is 0 Å². The van der Waals surface area contributed by atoms with Gasteiger partial charge in [-0.3, -0.25) is 0 Å². The topological polar surface area (TPSA) is 4.41 Å². The molecule has 0 aliphatic carbocycles. The number of rotatable bonds is 3. The van der Waals surface area contributed by atoms with Gasteiger partial charge in [0, 0.05) is 21.5 Å². The van der Waals surface area contributed by atoms with E-state index >= 15 is 0 Å². The summed E-state index contributed by atoms with van der Waals surface area (Å²) in [5.74, 6) is 0. The molecule has 0 aliphatic rings. The standard InChI is InChI=1S/C39H29N/c1-24-10-4-5-11-29(24)30-13-8-14-31(26(30)3)35-22-27(19-18-25(35)2)28-20-21-38-36(23-28)34-16-9-15-33-32-12-6-7-17-37(32)40(38)39(33)34/h4-23H,1-3H3. The molecule has 1 nitrogen and oxygen atoms in total. The van der Waals surface area contributed by atoms with Crippen LogP contribution in [0.2, 0.25) is 0 Å². The second-order valence-electron chi connectivity index (χ2n) is 11.1. The molecule has 0 aliphatic heterocycles. The highest BCUT2D eigenvalue weighted by atomic mass is 14.9. The Bertz CT molecular complexity index is 2240. The largest absolute Gasteiger partial charge is 0.308 e. The van der Waals surface area contributed by atoms with Crippen molar-refractivity contribution in [3.63, 3.8) is 0 Å². The van der Waals surface area contributed by atoms with E-state index in [1.807, 2.05) is 0 Å². The van der Waals surface area contributed by atoms with Crippen molar-refractivity contribution in [2.75, 3.05) is 0 Å². The second-order valence-corrected chi connectivity index (χ2v) is 11.1. The van der Waals surface area contributed by atoms with Crippen molar-refractivity contribution in [1.82, 2.24) is 4.40 Å². The minimum atomic E-state index is 1.25. The van der Waals surface area contributed by atoms with E-state index in [1.165, 1.54) is 88.2 Å². The number of hydrogen-bond donors (Lipinski definition) is 0. The molecule has 0 fully saturated rings. The Hall–Kier alpha value is -4.88. The van der Waals surface area contributed by atoms with Crippen LogP contribution in [0.25, 0.3) is 71.5 Å². The zero-order chi connectivity index (χ0) is 27.0. The molecule has 0 radical (unpaired) electrons. The van der Waals surface area contributed by atoms with Crippen LogP contribution in [0.5, 0.6) is 0 Å². The van der Waals surface area contributed by atoms with E-state index in [-0.39, 0.29) is 0 Å². The van der Waals surface area contributed by atoms with Gasteiger partial charge in [-0.15, -0.1) is 0 Å². The van der Waals surface area contributed by atoms with Crippen molar-refractivity contribution in [2.24, 2.45) is 0 Å². The fourth-order valence-corrected chi connectivity index (χ4v) is 6.80. The van der Waals surface area contributed by atoms with Crippen LogP contribution in [0, 0.1) is 20.8 Å². The maximum atomic E-state index is 2.44. The summed E-state index contributed by atoms with van der Waals surface area (Å²) in [6.45, 7) is 6.68. The maximum absolute atomic E-state index is 2.44. The first-order valence-corrected chi connectivity index (χ1v) is 14.0. The fourth-order valence-electron chi connectivity index (χ4n) is 6.80. The third-order valence-corrected chi connectivity index (χ3v) is 8.85. The molecule has 6 aromatic carbocycles. The zero-order valence-electron chi connectivity index (χ0n) is 23.0. The van der Waals surface area contributed by atoms with Gasteiger partial charge in [0.2, 0.25) is 0 Å². The monoisotopic (exact) mass is 511 g/mol. The van der Waals surface area contributed by atoms with Crippen molar-refractivity contribution in [3.8, 4) is 33.4 Å². The number of benzene rings is 6. The number of nitrogens with zero attached hydrogens (tertiary/aromatic N) is 1. The van der Waals surface area contributed by atoms with Crippen LogP contribution in [0.3, 0.4) is 0 Å². The maximum Gasteiger partial charge on any atom is 0.0620 e. The summed E-state index contributed by atoms with van der Waals surface area (Å²) in [4.78, 5) is 0. The Labute approximate surface area is 234 Å². The number of aromatic nitrogens is 1. The highest BCUT2D eigenvalue weighted by Gasteiger charge is 2.18. The molecule has 2 aromatic heterocycles. The number of hydrogen-bond acceptors (Lipinski definition) is 0. The van der Waals surface area contributed by atoms with Gasteiger partial charge >= 0.3 is 0 Å². The van der Waals surface area contributed by atoms with Crippen LogP contribution >= 0.6 is 0 Å². The molecular weight excluding hydrogens is 482 g/mol. The van der Waals surface area contributed by atoms with Crippen LogP contribution < -0.4 is 0 Å². The molecule has 0 bridgehead atoms. The van der Waals surface area contributed by atoms with Crippen LogP contribution in [-0.2, 0) is 0 Å². The van der Waals surface area contributed by atoms with Gasteiger partial charge in [-0.1, -0.05) is 97.1 Å². The molecular formula is C39H29N. The van der Waals surface area contributed by atoms with E-state index in [4.69, 9.17) is 0 Å². The van der Waals surface area contributed by atoms with E-state index < -0.39 is 0 Å². The normalized spacial score (nSPS) is 11.9. The van der Waals surface area contributed by atoms with Gasteiger partial charge in [0.1, 0.15) is 0 Å². The van der Waals surface area contributed by atoms with Gasteiger partial charge in [-0.25, -0.2) is 0 Å². The summed E-state index contributed by atoms with van der Waals surface area (Å²) >= 11 is 0. The van der Waals surface area contributed by atoms with Crippen LogP contribution in [-0.4, -0.2) is 4.40 Å². The first kappa shape index (κ1) is 23.0. The van der Waals surface area contributed by atoms with Gasteiger partial charge < -0.3 is 4.40 Å². The van der Waals surface area contributed by atoms with Crippen molar-refractivity contribution < 1.29 is 0 Å². The summed E-state index contributed by atoms with van der Waals surface area (Å²) in [5, 5.41) is 5.27. The average molecular weight is 512 g/mol. The van der Waals surface area contributed by atoms with E-state index in [0.29, 0.717) is 0 Å². The predicted molar refractivity (Wildman–Crippen MR) is 172 cm³/mol. The number of aryl methyl sites for hydroxylation is 2. The first-order chi connectivity index (χ1) is 19.6.